The molecule has 126 valence electrons. The van der Waals surface area contributed by atoms with E-state index in [-0.39, 0.29) is 11.3 Å². The molecule has 1 aliphatic rings. The van der Waals surface area contributed by atoms with Crippen molar-refractivity contribution in [1.29, 1.82) is 0 Å². The highest BCUT2D eigenvalue weighted by Gasteiger charge is 2.33. The number of methoxy groups -OCH3 is 1. The second-order valence-corrected chi connectivity index (χ2v) is 5.74. The largest absolute Gasteiger partial charge is 0.507 e. The van der Waals surface area contributed by atoms with Crippen LogP contribution in [0.2, 0.25) is 0 Å². The average Bonchev–Trinajstić information content (AvgIpc) is 2.86. The first-order valence-electron chi connectivity index (χ1n) is 7.48. The van der Waals surface area contributed by atoms with Crippen molar-refractivity contribution in [3.05, 3.63) is 47.5 Å². The Balaban J connectivity index is 2.06. The topological polar surface area (TPSA) is 96.2 Å². The maximum absolute atomic E-state index is 12.6. The van der Waals surface area contributed by atoms with Crippen molar-refractivity contribution in [1.82, 2.24) is 0 Å². The number of hydrogen-bond donors (Lipinski definition) is 3. The van der Waals surface area contributed by atoms with E-state index in [0.717, 1.165) is 10.9 Å². The molecule has 0 radical (unpaired) electrons. The number of phenols is 1. The lowest BCUT2D eigenvalue weighted by molar-refractivity contribution is -0.0364. The fourth-order valence-corrected chi connectivity index (χ4v) is 2.88. The van der Waals surface area contributed by atoms with Crippen molar-refractivity contribution in [3.8, 4) is 11.5 Å². The normalized spacial score (nSPS) is 22.8. The molecule has 3 atom stereocenters. The molecule has 1 aliphatic carbocycles. The zero-order chi connectivity index (χ0) is 17.4. The monoisotopic (exact) mass is 330 g/mol. The number of aliphatic hydroxyl groups is 2. The van der Waals surface area contributed by atoms with Gasteiger partial charge in [0.25, 0.3) is 0 Å². The molecule has 0 aromatic heterocycles. The van der Waals surface area contributed by atoms with Gasteiger partial charge in [0.1, 0.15) is 29.3 Å². The lowest BCUT2D eigenvalue weighted by Gasteiger charge is -2.20. The standard InChI is InChI=1S/C18H18O6/c1-9-7-10(23-2)8-12-11(9)3-4-13(19)16(12)18(22)24-17-14(20)5-6-15(17)21/h3-8,14-15,17,19-21H,1-2H3/t14-,15+,17?. The second-order valence-electron chi connectivity index (χ2n) is 5.74. The Kier molecular flexibility index (Phi) is 4.17. The summed E-state index contributed by atoms with van der Waals surface area (Å²) in [5.74, 6) is -0.519. The van der Waals surface area contributed by atoms with Crippen LogP contribution in [0.4, 0.5) is 0 Å². The maximum Gasteiger partial charge on any atom is 0.343 e. The Hall–Kier alpha value is -2.57. The van der Waals surface area contributed by atoms with Gasteiger partial charge in [-0.25, -0.2) is 4.79 Å². The molecule has 0 aliphatic heterocycles. The highest BCUT2D eigenvalue weighted by atomic mass is 16.6. The van der Waals surface area contributed by atoms with Gasteiger partial charge in [0.05, 0.1) is 7.11 Å². The smallest absolute Gasteiger partial charge is 0.343 e. The van der Waals surface area contributed by atoms with Gasteiger partial charge >= 0.3 is 5.97 Å². The number of phenolic OH excluding ortho intramolecular Hbond substituents is 1. The Labute approximate surface area is 138 Å². The first-order valence-corrected chi connectivity index (χ1v) is 7.48. The SMILES string of the molecule is COc1cc(C)c2ccc(O)c(C(=O)OC3[C@H](O)C=C[C@@H]3O)c2c1. The summed E-state index contributed by atoms with van der Waals surface area (Å²) in [6, 6.07) is 6.58. The molecule has 2 aromatic carbocycles. The number of aliphatic hydroxyl groups excluding tert-OH is 2. The van der Waals surface area contributed by atoms with Crippen LogP contribution in [0.5, 0.6) is 11.5 Å². The van der Waals surface area contributed by atoms with Crippen LogP contribution in [-0.2, 0) is 4.74 Å². The van der Waals surface area contributed by atoms with E-state index in [0.29, 0.717) is 11.1 Å². The number of rotatable bonds is 3. The summed E-state index contributed by atoms with van der Waals surface area (Å²) < 4.78 is 10.4. The molecule has 0 saturated heterocycles. The average molecular weight is 330 g/mol. The van der Waals surface area contributed by atoms with E-state index in [2.05, 4.69) is 0 Å². The molecule has 0 saturated carbocycles. The third-order valence-electron chi connectivity index (χ3n) is 4.16. The van der Waals surface area contributed by atoms with E-state index in [1.807, 2.05) is 13.0 Å². The number of aromatic hydroxyl groups is 1. The van der Waals surface area contributed by atoms with E-state index >= 15 is 0 Å². The van der Waals surface area contributed by atoms with Gasteiger partial charge in [-0.15, -0.1) is 0 Å². The van der Waals surface area contributed by atoms with E-state index in [9.17, 15) is 20.1 Å². The van der Waals surface area contributed by atoms with Gasteiger partial charge < -0.3 is 24.8 Å². The van der Waals surface area contributed by atoms with Gasteiger partial charge in [-0.3, -0.25) is 0 Å². The summed E-state index contributed by atoms with van der Waals surface area (Å²) in [5, 5.41) is 30.9. The van der Waals surface area contributed by atoms with Crippen LogP contribution in [-0.4, -0.2) is 46.7 Å². The molecular formula is C18H18O6. The first kappa shape index (κ1) is 16.3. The predicted octanol–water partition coefficient (Wildman–Crippen LogP) is 1.68. The van der Waals surface area contributed by atoms with Crippen molar-refractivity contribution in [2.24, 2.45) is 0 Å². The summed E-state index contributed by atoms with van der Waals surface area (Å²) in [5.41, 5.74) is 0.849. The van der Waals surface area contributed by atoms with Crippen LogP contribution < -0.4 is 4.74 Å². The fraction of sp³-hybridized carbons (Fsp3) is 0.278. The minimum atomic E-state index is -1.10. The third kappa shape index (κ3) is 2.70. The highest BCUT2D eigenvalue weighted by Crippen LogP contribution is 2.33. The summed E-state index contributed by atoms with van der Waals surface area (Å²) in [4.78, 5) is 12.6. The Morgan fingerprint density at radius 1 is 1.08 bits per heavy atom. The maximum atomic E-state index is 12.6. The fourth-order valence-electron chi connectivity index (χ4n) is 2.88. The Morgan fingerprint density at radius 3 is 2.38 bits per heavy atom. The Morgan fingerprint density at radius 2 is 1.75 bits per heavy atom. The molecule has 24 heavy (non-hydrogen) atoms. The molecule has 2 aromatic rings. The molecule has 0 bridgehead atoms. The van der Waals surface area contributed by atoms with Crippen molar-refractivity contribution in [3.63, 3.8) is 0 Å². The van der Waals surface area contributed by atoms with Gasteiger partial charge in [0.15, 0.2) is 6.10 Å². The van der Waals surface area contributed by atoms with Crippen molar-refractivity contribution < 1.29 is 29.6 Å². The number of carbonyl (C=O) groups is 1. The second kappa shape index (κ2) is 6.14. The van der Waals surface area contributed by atoms with Gasteiger partial charge in [0.2, 0.25) is 0 Å². The molecule has 6 nitrogen and oxygen atoms in total. The van der Waals surface area contributed by atoms with Crippen LogP contribution >= 0.6 is 0 Å². The van der Waals surface area contributed by atoms with E-state index in [1.54, 1.807) is 12.1 Å². The molecule has 0 spiro atoms. The van der Waals surface area contributed by atoms with Crippen molar-refractivity contribution in [2.45, 2.75) is 25.2 Å². The Bertz CT molecular complexity index is 814. The van der Waals surface area contributed by atoms with E-state index < -0.39 is 24.3 Å². The third-order valence-corrected chi connectivity index (χ3v) is 4.16. The molecular weight excluding hydrogens is 312 g/mol. The number of hydrogen-bond acceptors (Lipinski definition) is 6. The summed E-state index contributed by atoms with van der Waals surface area (Å²) >= 11 is 0. The van der Waals surface area contributed by atoms with Gasteiger partial charge in [-0.05, 0) is 36.1 Å². The highest BCUT2D eigenvalue weighted by molar-refractivity contribution is 6.08. The van der Waals surface area contributed by atoms with Gasteiger partial charge in [-0.1, -0.05) is 18.2 Å². The van der Waals surface area contributed by atoms with Crippen molar-refractivity contribution in [2.75, 3.05) is 7.11 Å². The molecule has 6 heteroatoms. The molecule has 0 heterocycles. The van der Waals surface area contributed by atoms with Crippen LogP contribution in [0, 0.1) is 6.92 Å². The predicted molar refractivity (Wildman–Crippen MR) is 87.3 cm³/mol. The quantitative estimate of drug-likeness (QED) is 0.585. The van der Waals surface area contributed by atoms with Crippen LogP contribution in [0.3, 0.4) is 0 Å². The van der Waals surface area contributed by atoms with Crippen molar-refractivity contribution >= 4 is 16.7 Å². The minimum absolute atomic E-state index is 0.0270. The number of benzene rings is 2. The molecule has 3 rings (SSSR count). The lowest BCUT2D eigenvalue weighted by atomic mass is 9.99. The number of ether oxygens (including phenoxy) is 2. The zero-order valence-electron chi connectivity index (χ0n) is 13.3. The number of esters is 1. The van der Waals surface area contributed by atoms with Gasteiger partial charge in [0, 0.05) is 5.39 Å². The number of carbonyl (C=O) groups excluding carboxylic acids is 1. The zero-order valence-corrected chi connectivity index (χ0v) is 13.3. The lowest BCUT2D eigenvalue weighted by Crippen LogP contribution is -2.35. The summed E-state index contributed by atoms with van der Waals surface area (Å²) in [6.45, 7) is 1.87. The molecule has 0 amide bonds. The summed E-state index contributed by atoms with van der Waals surface area (Å²) in [6.07, 6.45) is -0.550. The number of fused-ring (bicyclic) bond motifs is 1. The van der Waals surface area contributed by atoms with Crippen LogP contribution in [0.1, 0.15) is 15.9 Å². The molecule has 3 N–H and O–H groups in total. The van der Waals surface area contributed by atoms with E-state index in [1.165, 1.54) is 25.3 Å². The van der Waals surface area contributed by atoms with Crippen LogP contribution in [0.25, 0.3) is 10.8 Å². The van der Waals surface area contributed by atoms with E-state index in [4.69, 9.17) is 9.47 Å². The summed E-state index contributed by atoms with van der Waals surface area (Å²) in [7, 11) is 1.51. The van der Waals surface area contributed by atoms with Gasteiger partial charge in [-0.2, -0.15) is 0 Å². The number of aryl methyl sites for hydroxylation is 1. The first-order chi connectivity index (χ1) is 11.4. The molecule has 1 unspecified atom stereocenters. The minimum Gasteiger partial charge on any atom is -0.507 e. The molecule has 0 fully saturated rings. The van der Waals surface area contributed by atoms with Crippen LogP contribution in [0.15, 0.2) is 36.4 Å².